The fourth-order valence-electron chi connectivity index (χ4n) is 3.73. The first-order valence-corrected chi connectivity index (χ1v) is 10.4. The highest BCUT2D eigenvalue weighted by Gasteiger charge is 2.41. The number of carbonyl (C=O) groups excluding carboxylic acids is 1. The molecular weight excluding hydrogens is 380 g/mol. The van der Waals surface area contributed by atoms with Crippen molar-refractivity contribution in [2.45, 2.75) is 24.7 Å². The summed E-state index contributed by atoms with van der Waals surface area (Å²) in [7, 11) is 5.74. The highest BCUT2D eigenvalue weighted by Crippen LogP contribution is 2.37. The van der Waals surface area contributed by atoms with Gasteiger partial charge in [-0.3, -0.25) is 4.79 Å². The van der Waals surface area contributed by atoms with E-state index in [1.54, 1.807) is 7.11 Å². The first-order valence-electron chi connectivity index (χ1n) is 10.4. The predicted molar refractivity (Wildman–Crippen MR) is 118 cm³/mol. The van der Waals surface area contributed by atoms with Crippen LogP contribution in [0.15, 0.2) is 48.5 Å². The van der Waals surface area contributed by atoms with Crippen LogP contribution in [0.1, 0.15) is 24.8 Å². The highest BCUT2D eigenvalue weighted by molar-refractivity contribution is 5.99. The molecule has 0 aromatic heterocycles. The van der Waals surface area contributed by atoms with Crippen molar-refractivity contribution in [3.63, 3.8) is 0 Å². The van der Waals surface area contributed by atoms with Crippen molar-refractivity contribution < 1.29 is 19.0 Å². The third-order valence-electron chi connectivity index (χ3n) is 5.55. The normalized spacial score (nSPS) is 15.6. The van der Waals surface area contributed by atoms with E-state index in [0.717, 1.165) is 35.7 Å². The highest BCUT2D eigenvalue weighted by atomic mass is 16.5. The molecule has 0 unspecified atom stereocenters. The standard InChI is InChI=1S/C24H32N2O4/c1-26(2)15-4-16-30-22-11-7-20(8-12-22)25-23(27)24(13-17-29-18-14-24)19-5-9-21(28-3)10-6-19/h5-12H,4,13-18H2,1-3H3,(H,25,27). The summed E-state index contributed by atoms with van der Waals surface area (Å²) >= 11 is 0. The number of rotatable bonds is 9. The zero-order chi connectivity index (χ0) is 21.4. The second-order valence-electron chi connectivity index (χ2n) is 7.91. The van der Waals surface area contributed by atoms with Crippen LogP contribution in [0.3, 0.4) is 0 Å². The summed E-state index contributed by atoms with van der Waals surface area (Å²) in [4.78, 5) is 15.5. The quantitative estimate of drug-likeness (QED) is 0.636. The van der Waals surface area contributed by atoms with Gasteiger partial charge < -0.3 is 24.4 Å². The van der Waals surface area contributed by atoms with Crippen LogP contribution in [0.25, 0.3) is 0 Å². The maximum atomic E-state index is 13.4. The van der Waals surface area contributed by atoms with Crippen LogP contribution in [0.4, 0.5) is 5.69 Å². The number of methoxy groups -OCH3 is 1. The summed E-state index contributed by atoms with van der Waals surface area (Å²) in [6.07, 6.45) is 2.27. The Morgan fingerprint density at radius 1 is 1.03 bits per heavy atom. The van der Waals surface area contributed by atoms with Gasteiger partial charge >= 0.3 is 0 Å². The number of hydrogen-bond acceptors (Lipinski definition) is 5. The molecule has 0 saturated carbocycles. The van der Waals surface area contributed by atoms with Crippen molar-refractivity contribution in [3.8, 4) is 11.5 Å². The number of benzene rings is 2. The molecule has 0 radical (unpaired) electrons. The SMILES string of the molecule is COc1ccc(C2(C(=O)Nc3ccc(OCCCN(C)C)cc3)CCOCC2)cc1. The van der Waals surface area contributed by atoms with Gasteiger partial charge in [0.25, 0.3) is 0 Å². The largest absolute Gasteiger partial charge is 0.497 e. The van der Waals surface area contributed by atoms with Crippen molar-refractivity contribution in [2.75, 3.05) is 52.9 Å². The van der Waals surface area contributed by atoms with E-state index < -0.39 is 5.41 Å². The molecule has 1 amide bonds. The molecule has 1 fully saturated rings. The minimum Gasteiger partial charge on any atom is -0.497 e. The third kappa shape index (κ3) is 5.52. The van der Waals surface area contributed by atoms with Crippen LogP contribution in [-0.2, 0) is 14.9 Å². The van der Waals surface area contributed by atoms with Gasteiger partial charge in [-0.15, -0.1) is 0 Å². The van der Waals surface area contributed by atoms with Gasteiger partial charge in [-0.05, 0) is 75.3 Å². The van der Waals surface area contributed by atoms with E-state index >= 15 is 0 Å². The summed E-state index contributed by atoms with van der Waals surface area (Å²) in [6, 6.07) is 15.3. The Labute approximate surface area is 179 Å². The first kappa shape index (κ1) is 22.1. The number of amides is 1. The number of nitrogens with one attached hydrogen (secondary N) is 1. The molecule has 2 aromatic carbocycles. The molecule has 1 N–H and O–H groups in total. The number of ether oxygens (including phenoxy) is 3. The van der Waals surface area contributed by atoms with Gasteiger partial charge in [0.1, 0.15) is 11.5 Å². The Hall–Kier alpha value is -2.57. The summed E-state index contributed by atoms with van der Waals surface area (Å²) in [6.45, 7) is 2.80. The van der Waals surface area contributed by atoms with Crippen LogP contribution >= 0.6 is 0 Å². The van der Waals surface area contributed by atoms with Gasteiger partial charge in [0, 0.05) is 25.4 Å². The molecule has 30 heavy (non-hydrogen) atoms. The number of hydrogen-bond donors (Lipinski definition) is 1. The van der Waals surface area contributed by atoms with Gasteiger partial charge in [0.05, 0.1) is 19.1 Å². The second kappa shape index (κ2) is 10.5. The fourth-order valence-corrected chi connectivity index (χ4v) is 3.73. The minimum absolute atomic E-state index is 0.00406. The number of nitrogens with zero attached hydrogens (tertiary/aromatic N) is 1. The Bertz CT molecular complexity index is 797. The Morgan fingerprint density at radius 3 is 2.27 bits per heavy atom. The van der Waals surface area contributed by atoms with E-state index in [4.69, 9.17) is 14.2 Å². The second-order valence-corrected chi connectivity index (χ2v) is 7.91. The molecule has 1 saturated heterocycles. The van der Waals surface area contributed by atoms with Gasteiger partial charge in [-0.25, -0.2) is 0 Å². The zero-order valence-corrected chi connectivity index (χ0v) is 18.1. The van der Waals surface area contributed by atoms with E-state index in [0.29, 0.717) is 32.7 Å². The van der Waals surface area contributed by atoms with E-state index in [1.807, 2.05) is 48.5 Å². The first-order chi connectivity index (χ1) is 14.5. The topological polar surface area (TPSA) is 60.0 Å². The average Bonchev–Trinajstić information content (AvgIpc) is 2.78. The van der Waals surface area contributed by atoms with Crippen molar-refractivity contribution in [3.05, 3.63) is 54.1 Å². The zero-order valence-electron chi connectivity index (χ0n) is 18.1. The molecule has 6 heteroatoms. The van der Waals surface area contributed by atoms with Gasteiger partial charge in [0.2, 0.25) is 5.91 Å². The van der Waals surface area contributed by atoms with E-state index in [-0.39, 0.29) is 5.91 Å². The van der Waals surface area contributed by atoms with E-state index in [2.05, 4.69) is 24.3 Å². The van der Waals surface area contributed by atoms with Crippen molar-refractivity contribution in [1.82, 2.24) is 4.90 Å². The lowest BCUT2D eigenvalue weighted by Crippen LogP contribution is -2.44. The molecule has 0 atom stereocenters. The average molecular weight is 413 g/mol. The molecule has 1 heterocycles. The molecule has 0 spiro atoms. The molecule has 0 bridgehead atoms. The van der Waals surface area contributed by atoms with Crippen LogP contribution in [0.5, 0.6) is 11.5 Å². The predicted octanol–water partition coefficient (Wildman–Crippen LogP) is 3.71. The summed E-state index contributed by atoms with van der Waals surface area (Å²) in [5.41, 5.74) is 1.15. The molecule has 1 aliphatic rings. The third-order valence-corrected chi connectivity index (χ3v) is 5.55. The maximum Gasteiger partial charge on any atom is 0.235 e. The number of anilines is 1. The lowest BCUT2D eigenvalue weighted by molar-refractivity contribution is -0.125. The van der Waals surface area contributed by atoms with Gasteiger partial charge in [-0.1, -0.05) is 12.1 Å². The minimum atomic E-state index is -0.605. The monoisotopic (exact) mass is 412 g/mol. The summed E-state index contributed by atoms with van der Waals surface area (Å²) in [5.74, 6) is 1.58. The molecule has 162 valence electrons. The Kier molecular flexibility index (Phi) is 7.71. The lowest BCUT2D eigenvalue weighted by atomic mass is 9.73. The van der Waals surface area contributed by atoms with Crippen molar-refractivity contribution >= 4 is 11.6 Å². The maximum absolute atomic E-state index is 13.4. The molecule has 6 nitrogen and oxygen atoms in total. The van der Waals surface area contributed by atoms with E-state index in [9.17, 15) is 4.79 Å². The van der Waals surface area contributed by atoms with Gasteiger partial charge in [-0.2, -0.15) is 0 Å². The van der Waals surface area contributed by atoms with Crippen LogP contribution in [0.2, 0.25) is 0 Å². The molecule has 0 aliphatic carbocycles. The Morgan fingerprint density at radius 2 is 1.67 bits per heavy atom. The summed E-state index contributed by atoms with van der Waals surface area (Å²) in [5, 5.41) is 3.10. The number of carbonyl (C=O) groups is 1. The van der Waals surface area contributed by atoms with Crippen molar-refractivity contribution in [1.29, 1.82) is 0 Å². The fraction of sp³-hybridized carbons (Fsp3) is 0.458. The van der Waals surface area contributed by atoms with Crippen molar-refractivity contribution in [2.24, 2.45) is 0 Å². The smallest absolute Gasteiger partial charge is 0.235 e. The molecule has 1 aliphatic heterocycles. The van der Waals surface area contributed by atoms with Crippen LogP contribution in [0, 0.1) is 0 Å². The van der Waals surface area contributed by atoms with Gasteiger partial charge in [0.15, 0.2) is 0 Å². The summed E-state index contributed by atoms with van der Waals surface area (Å²) < 4.78 is 16.6. The Balaban J connectivity index is 1.67. The molecule has 2 aromatic rings. The van der Waals surface area contributed by atoms with E-state index in [1.165, 1.54) is 0 Å². The lowest BCUT2D eigenvalue weighted by Gasteiger charge is -2.36. The van der Waals surface area contributed by atoms with Crippen LogP contribution < -0.4 is 14.8 Å². The van der Waals surface area contributed by atoms with Crippen LogP contribution in [-0.4, -0.2) is 58.4 Å². The molecule has 3 rings (SSSR count). The molecular formula is C24H32N2O4.